The van der Waals surface area contributed by atoms with E-state index in [4.69, 9.17) is 5.11 Å². The monoisotopic (exact) mass is 257 g/mol. The number of carboxylic acid groups (broad SMARTS) is 1. The maximum Gasteiger partial charge on any atom is 0.314 e. The van der Waals surface area contributed by atoms with E-state index in [9.17, 15) is 9.59 Å². The van der Waals surface area contributed by atoms with Gasteiger partial charge in [0.25, 0.3) is 0 Å². The molecule has 6 heteroatoms. The molecule has 0 aromatic carbocycles. The zero-order valence-electron chi connectivity index (χ0n) is 11.1. The Morgan fingerprint density at radius 1 is 1.44 bits per heavy atom. The van der Waals surface area contributed by atoms with Gasteiger partial charge in [0.1, 0.15) is 0 Å². The first kappa shape index (κ1) is 14.8. The standard InChI is InChI=1S/C12H23N3O3/c1-9(11(16)17)3-5-13-12(18)14-7-10-4-6-15(2)8-10/h9-10H,3-8H2,1-2H3,(H,16,17)(H2,13,14,18). The zero-order valence-corrected chi connectivity index (χ0v) is 11.1. The lowest BCUT2D eigenvalue weighted by atomic mass is 10.1. The number of nitrogens with zero attached hydrogens (tertiary/aromatic N) is 1. The molecule has 6 nitrogen and oxygen atoms in total. The third-order valence-electron chi connectivity index (χ3n) is 3.32. The Kier molecular flexibility index (Phi) is 5.91. The molecular formula is C12H23N3O3. The van der Waals surface area contributed by atoms with Crippen molar-refractivity contribution in [3.63, 3.8) is 0 Å². The van der Waals surface area contributed by atoms with Gasteiger partial charge < -0.3 is 20.6 Å². The van der Waals surface area contributed by atoms with Crippen LogP contribution in [0, 0.1) is 11.8 Å². The Labute approximate surface area is 108 Å². The minimum atomic E-state index is -0.828. The number of urea groups is 1. The van der Waals surface area contributed by atoms with Gasteiger partial charge in [0.2, 0.25) is 0 Å². The van der Waals surface area contributed by atoms with Gasteiger partial charge in [0, 0.05) is 19.6 Å². The van der Waals surface area contributed by atoms with Crippen molar-refractivity contribution >= 4 is 12.0 Å². The number of aliphatic carboxylic acids is 1. The second-order valence-electron chi connectivity index (χ2n) is 5.08. The molecule has 2 atom stereocenters. The predicted molar refractivity (Wildman–Crippen MR) is 68.4 cm³/mol. The molecule has 0 spiro atoms. The molecule has 104 valence electrons. The fourth-order valence-electron chi connectivity index (χ4n) is 2.02. The summed E-state index contributed by atoms with van der Waals surface area (Å²) in [7, 11) is 2.08. The second kappa shape index (κ2) is 7.20. The van der Waals surface area contributed by atoms with Gasteiger partial charge in [0.15, 0.2) is 0 Å². The highest BCUT2D eigenvalue weighted by Crippen LogP contribution is 2.12. The van der Waals surface area contributed by atoms with E-state index < -0.39 is 11.9 Å². The lowest BCUT2D eigenvalue weighted by molar-refractivity contribution is -0.141. The highest BCUT2D eigenvalue weighted by Gasteiger charge is 2.19. The van der Waals surface area contributed by atoms with Gasteiger partial charge in [0.05, 0.1) is 5.92 Å². The molecule has 1 saturated heterocycles. The molecule has 1 rings (SSSR count). The fourth-order valence-corrected chi connectivity index (χ4v) is 2.02. The van der Waals surface area contributed by atoms with Crippen LogP contribution in [0.15, 0.2) is 0 Å². The van der Waals surface area contributed by atoms with E-state index in [1.54, 1.807) is 6.92 Å². The average Bonchev–Trinajstić information content (AvgIpc) is 2.72. The van der Waals surface area contributed by atoms with E-state index in [1.807, 2.05) is 0 Å². The normalized spacial score (nSPS) is 21.6. The number of hydrogen-bond donors (Lipinski definition) is 3. The van der Waals surface area contributed by atoms with Crippen LogP contribution in [-0.2, 0) is 4.79 Å². The van der Waals surface area contributed by atoms with Crippen LogP contribution in [0.2, 0.25) is 0 Å². The van der Waals surface area contributed by atoms with Crippen LogP contribution in [0.5, 0.6) is 0 Å². The largest absolute Gasteiger partial charge is 0.481 e. The van der Waals surface area contributed by atoms with Crippen molar-refractivity contribution in [2.75, 3.05) is 33.2 Å². The number of rotatable bonds is 6. The van der Waals surface area contributed by atoms with Crippen LogP contribution in [-0.4, -0.2) is 55.2 Å². The van der Waals surface area contributed by atoms with Gasteiger partial charge in [-0.05, 0) is 32.4 Å². The van der Waals surface area contributed by atoms with Crippen LogP contribution < -0.4 is 10.6 Å². The van der Waals surface area contributed by atoms with Crippen LogP contribution in [0.1, 0.15) is 19.8 Å². The summed E-state index contributed by atoms with van der Waals surface area (Å²) >= 11 is 0. The molecule has 1 fully saturated rings. The van der Waals surface area contributed by atoms with E-state index in [-0.39, 0.29) is 6.03 Å². The molecule has 18 heavy (non-hydrogen) atoms. The maximum absolute atomic E-state index is 11.4. The zero-order chi connectivity index (χ0) is 13.5. The van der Waals surface area contributed by atoms with Crippen molar-refractivity contribution < 1.29 is 14.7 Å². The quantitative estimate of drug-likeness (QED) is 0.641. The number of amides is 2. The molecular weight excluding hydrogens is 234 g/mol. The van der Waals surface area contributed by atoms with Gasteiger partial charge in [-0.2, -0.15) is 0 Å². The van der Waals surface area contributed by atoms with Crippen molar-refractivity contribution in [2.45, 2.75) is 19.8 Å². The highest BCUT2D eigenvalue weighted by atomic mass is 16.4. The lowest BCUT2D eigenvalue weighted by Crippen LogP contribution is -2.39. The van der Waals surface area contributed by atoms with Crippen LogP contribution in [0.4, 0.5) is 4.79 Å². The van der Waals surface area contributed by atoms with Crippen molar-refractivity contribution in [2.24, 2.45) is 11.8 Å². The van der Waals surface area contributed by atoms with Crippen LogP contribution >= 0.6 is 0 Å². The van der Waals surface area contributed by atoms with E-state index >= 15 is 0 Å². The summed E-state index contributed by atoms with van der Waals surface area (Å²) in [6.07, 6.45) is 1.57. The summed E-state index contributed by atoms with van der Waals surface area (Å²) in [6.45, 7) is 4.82. The summed E-state index contributed by atoms with van der Waals surface area (Å²) in [5, 5.41) is 14.2. The van der Waals surface area contributed by atoms with E-state index in [0.29, 0.717) is 25.4 Å². The number of carbonyl (C=O) groups is 2. The summed E-state index contributed by atoms with van der Waals surface area (Å²) in [4.78, 5) is 24.3. The predicted octanol–water partition coefficient (Wildman–Crippen LogP) is 0.348. The molecule has 0 aromatic heterocycles. The third kappa shape index (κ3) is 5.35. The first-order chi connectivity index (χ1) is 8.49. The highest BCUT2D eigenvalue weighted by molar-refractivity contribution is 5.74. The number of carboxylic acids is 1. The number of likely N-dealkylation sites (tertiary alicyclic amines) is 1. The van der Waals surface area contributed by atoms with Gasteiger partial charge in [-0.15, -0.1) is 0 Å². The molecule has 1 heterocycles. The summed E-state index contributed by atoms with van der Waals surface area (Å²) < 4.78 is 0. The van der Waals surface area contributed by atoms with Crippen molar-refractivity contribution in [1.29, 1.82) is 0 Å². The Bertz CT molecular complexity index is 296. The van der Waals surface area contributed by atoms with E-state index in [1.165, 1.54) is 0 Å². The first-order valence-corrected chi connectivity index (χ1v) is 6.42. The van der Waals surface area contributed by atoms with E-state index in [0.717, 1.165) is 19.5 Å². The van der Waals surface area contributed by atoms with Crippen molar-refractivity contribution in [3.8, 4) is 0 Å². The van der Waals surface area contributed by atoms with Gasteiger partial charge in [-0.3, -0.25) is 4.79 Å². The summed E-state index contributed by atoms with van der Waals surface area (Å²) in [5.41, 5.74) is 0. The van der Waals surface area contributed by atoms with Gasteiger partial charge in [-0.1, -0.05) is 6.92 Å². The molecule has 0 aromatic rings. The van der Waals surface area contributed by atoms with E-state index in [2.05, 4.69) is 22.6 Å². The Morgan fingerprint density at radius 2 is 2.17 bits per heavy atom. The number of nitrogens with one attached hydrogen (secondary N) is 2. The minimum Gasteiger partial charge on any atom is -0.481 e. The molecule has 0 saturated carbocycles. The summed E-state index contributed by atoms with van der Waals surface area (Å²) in [6, 6.07) is -0.206. The summed E-state index contributed by atoms with van der Waals surface area (Å²) in [5.74, 6) is -0.723. The van der Waals surface area contributed by atoms with Crippen LogP contribution in [0.25, 0.3) is 0 Å². The molecule has 2 unspecified atom stereocenters. The SMILES string of the molecule is CC(CCNC(=O)NCC1CCN(C)C1)C(=O)O. The number of hydrogen-bond acceptors (Lipinski definition) is 3. The molecule has 1 aliphatic rings. The van der Waals surface area contributed by atoms with Crippen molar-refractivity contribution in [1.82, 2.24) is 15.5 Å². The van der Waals surface area contributed by atoms with Crippen LogP contribution in [0.3, 0.4) is 0 Å². The lowest BCUT2D eigenvalue weighted by Gasteiger charge is -2.13. The topological polar surface area (TPSA) is 81.7 Å². The maximum atomic E-state index is 11.4. The fraction of sp³-hybridized carbons (Fsp3) is 0.833. The first-order valence-electron chi connectivity index (χ1n) is 6.42. The molecule has 0 bridgehead atoms. The smallest absolute Gasteiger partial charge is 0.314 e. The van der Waals surface area contributed by atoms with Gasteiger partial charge >= 0.3 is 12.0 Å². The van der Waals surface area contributed by atoms with Crippen molar-refractivity contribution in [3.05, 3.63) is 0 Å². The minimum absolute atomic E-state index is 0.206. The average molecular weight is 257 g/mol. The second-order valence-corrected chi connectivity index (χ2v) is 5.08. The third-order valence-corrected chi connectivity index (χ3v) is 3.32. The molecule has 0 aliphatic carbocycles. The van der Waals surface area contributed by atoms with Gasteiger partial charge in [-0.25, -0.2) is 4.79 Å². The molecule has 2 amide bonds. The molecule has 1 aliphatic heterocycles. The Hall–Kier alpha value is -1.30. The number of carbonyl (C=O) groups excluding carboxylic acids is 1. The Morgan fingerprint density at radius 3 is 2.72 bits per heavy atom. The molecule has 0 radical (unpaired) electrons. The Balaban J connectivity index is 2.05. The molecule has 3 N–H and O–H groups in total.